The summed E-state index contributed by atoms with van der Waals surface area (Å²) in [6.07, 6.45) is 2.64. The van der Waals surface area contributed by atoms with Crippen LogP contribution < -0.4 is 5.43 Å². The van der Waals surface area contributed by atoms with Crippen molar-refractivity contribution in [2.45, 2.75) is 0 Å². The predicted molar refractivity (Wildman–Crippen MR) is 82.4 cm³/mol. The summed E-state index contributed by atoms with van der Waals surface area (Å²) in [5, 5.41) is 0. The van der Waals surface area contributed by atoms with Gasteiger partial charge in [0.2, 0.25) is 5.43 Å². The van der Waals surface area contributed by atoms with Gasteiger partial charge in [-0.15, -0.1) is 0 Å². The van der Waals surface area contributed by atoms with Crippen LogP contribution in [0.1, 0.15) is 20.7 Å². The van der Waals surface area contributed by atoms with E-state index in [2.05, 4.69) is 25.4 Å². The van der Waals surface area contributed by atoms with Crippen LogP contribution in [-0.4, -0.2) is 30.7 Å². The van der Waals surface area contributed by atoms with Crippen molar-refractivity contribution in [2.24, 2.45) is 0 Å². The van der Waals surface area contributed by atoms with Crippen LogP contribution >= 0.6 is 15.9 Å². The molecule has 0 atom stereocenters. The Balaban J connectivity index is 2.72. The Hall–Kier alpha value is -2.41. The molecule has 0 unspecified atom stereocenters. The highest BCUT2D eigenvalue weighted by atomic mass is 79.9. The van der Waals surface area contributed by atoms with Crippen molar-refractivity contribution >= 4 is 27.9 Å². The zero-order chi connectivity index (χ0) is 16.3. The number of halogens is 1. The first-order chi connectivity index (χ1) is 10.5. The van der Waals surface area contributed by atoms with Crippen molar-refractivity contribution < 1.29 is 19.1 Å². The van der Waals surface area contributed by atoms with E-state index < -0.39 is 17.4 Å². The van der Waals surface area contributed by atoms with Gasteiger partial charge in [0.05, 0.1) is 14.2 Å². The van der Waals surface area contributed by atoms with Gasteiger partial charge in [-0.05, 0) is 18.2 Å². The first kappa shape index (κ1) is 16.0. The van der Waals surface area contributed by atoms with Crippen molar-refractivity contribution in [3.63, 3.8) is 0 Å². The lowest BCUT2D eigenvalue weighted by atomic mass is 10.1. The van der Waals surface area contributed by atoms with E-state index in [1.807, 2.05) is 6.07 Å². The van der Waals surface area contributed by atoms with Gasteiger partial charge >= 0.3 is 11.9 Å². The van der Waals surface area contributed by atoms with Crippen LogP contribution in [0.5, 0.6) is 0 Å². The fraction of sp³-hybridized carbons (Fsp3) is 0.133. The summed E-state index contributed by atoms with van der Waals surface area (Å²) in [5.74, 6) is -1.64. The molecule has 0 saturated heterocycles. The third-order valence-electron chi connectivity index (χ3n) is 2.94. The molecule has 0 fully saturated rings. The van der Waals surface area contributed by atoms with Gasteiger partial charge in [-0.1, -0.05) is 22.0 Å². The van der Waals surface area contributed by atoms with E-state index in [0.717, 1.165) is 18.7 Å². The molecule has 2 rings (SSSR count). The number of carbonyl (C=O) groups excluding carboxylic acids is 2. The van der Waals surface area contributed by atoms with Crippen LogP contribution in [0.3, 0.4) is 0 Å². The molecule has 0 spiro atoms. The van der Waals surface area contributed by atoms with Crippen LogP contribution in [0.2, 0.25) is 0 Å². The Labute approximate surface area is 134 Å². The Bertz CT molecular complexity index is 757. The fourth-order valence-corrected chi connectivity index (χ4v) is 2.26. The number of hydrogen-bond donors (Lipinski definition) is 0. The number of carbonyl (C=O) groups is 2. The molecule has 1 aromatic carbocycles. The third kappa shape index (κ3) is 3.09. The minimum Gasteiger partial charge on any atom is -0.465 e. The number of benzene rings is 1. The van der Waals surface area contributed by atoms with E-state index in [-0.39, 0.29) is 11.1 Å². The van der Waals surface area contributed by atoms with Gasteiger partial charge in [-0.2, -0.15) is 0 Å². The standard InChI is InChI=1S/C15H12BrNO5/c1-21-14(19)11-7-17(10-5-3-4-9(16)6-10)8-12(13(11)18)15(20)22-2/h3-8H,1-2H3. The molecular weight excluding hydrogens is 354 g/mol. The molecule has 0 aliphatic heterocycles. The summed E-state index contributed by atoms with van der Waals surface area (Å²) in [4.78, 5) is 35.7. The molecule has 0 N–H and O–H groups in total. The molecule has 114 valence electrons. The van der Waals surface area contributed by atoms with Crippen molar-refractivity contribution in [1.29, 1.82) is 0 Å². The van der Waals surface area contributed by atoms with Crippen LogP contribution in [0.25, 0.3) is 5.69 Å². The predicted octanol–water partition coefficient (Wildman–Crippen LogP) is 2.17. The summed E-state index contributed by atoms with van der Waals surface area (Å²) >= 11 is 3.34. The van der Waals surface area contributed by atoms with Gasteiger partial charge in [0.25, 0.3) is 0 Å². The monoisotopic (exact) mass is 365 g/mol. The number of hydrogen-bond acceptors (Lipinski definition) is 5. The zero-order valence-corrected chi connectivity index (χ0v) is 13.4. The molecule has 0 aliphatic rings. The second-order valence-electron chi connectivity index (χ2n) is 4.28. The minimum atomic E-state index is -0.820. The van der Waals surface area contributed by atoms with Crippen molar-refractivity contribution in [3.8, 4) is 5.69 Å². The number of pyridine rings is 1. The Morgan fingerprint density at radius 2 is 1.59 bits per heavy atom. The van der Waals surface area contributed by atoms with Crippen molar-refractivity contribution in [3.05, 3.63) is 62.5 Å². The summed E-state index contributed by atoms with van der Waals surface area (Å²) in [5.41, 5.74) is -0.564. The average molecular weight is 366 g/mol. The number of nitrogens with zero attached hydrogens (tertiary/aromatic N) is 1. The molecule has 1 aromatic heterocycles. The van der Waals surface area contributed by atoms with E-state index >= 15 is 0 Å². The van der Waals surface area contributed by atoms with Crippen LogP contribution in [0, 0.1) is 0 Å². The fourth-order valence-electron chi connectivity index (χ4n) is 1.87. The Morgan fingerprint density at radius 1 is 1.05 bits per heavy atom. The summed E-state index contributed by atoms with van der Waals surface area (Å²) in [6, 6.07) is 7.14. The molecule has 0 amide bonds. The number of esters is 2. The second kappa shape index (κ2) is 6.57. The van der Waals surface area contributed by atoms with Gasteiger partial charge in [0, 0.05) is 22.6 Å². The maximum atomic E-state index is 12.2. The van der Waals surface area contributed by atoms with Gasteiger partial charge < -0.3 is 14.0 Å². The number of methoxy groups -OCH3 is 2. The number of rotatable bonds is 3. The van der Waals surface area contributed by atoms with E-state index in [1.54, 1.807) is 18.2 Å². The molecule has 0 aliphatic carbocycles. The molecule has 2 aromatic rings. The van der Waals surface area contributed by atoms with Gasteiger partial charge in [0.15, 0.2) is 0 Å². The molecule has 7 heteroatoms. The highest BCUT2D eigenvalue weighted by Crippen LogP contribution is 2.16. The van der Waals surface area contributed by atoms with Crippen LogP contribution in [0.4, 0.5) is 0 Å². The van der Waals surface area contributed by atoms with Crippen LogP contribution in [-0.2, 0) is 9.47 Å². The Kier molecular flexibility index (Phi) is 4.77. The SMILES string of the molecule is COC(=O)c1cn(-c2cccc(Br)c2)cc(C(=O)OC)c1=O. The highest BCUT2D eigenvalue weighted by Gasteiger charge is 2.20. The lowest BCUT2D eigenvalue weighted by Crippen LogP contribution is -2.25. The molecule has 0 bridgehead atoms. The largest absolute Gasteiger partial charge is 0.465 e. The molecule has 1 heterocycles. The van der Waals surface area contributed by atoms with E-state index in [0.29, 0.717) is 5.69 Å². The minimum absolute atomic E-state index is 0.245. The first-order valence-corrected chi connectivity index (χ1v) is 6.96. The summed E-state index contributed by atoms with van der Waals surface area (Å²) in [6.45, 7) is 0. The molecule has 0 saturated carbocycles. The maximum absolute atomic E-state index is 12.2. The maximum Gasteiger partial charge on any atom is 0.343 e. The van der Waals surface area contributed by atoms with Gasteiger partial charge in [0.1, 0.15) is 11.1 Å². The molecule has 0 radical (unpaired) electrons. The lowest BCUT2D eigenvalue weighted by Gasteiger charge is -2.11. The highest BCUT2D eigenvalue weighted by molar-refractivity contribution is 9.10. The number of aromatic nitrogens is 1. The smallest absolute Gasteiger partial charge is 0.343 e. The molecular formula is C15H12BrNO5. The van der Waals surface area contributed by atoms with E-state index in [4.69, 9.17) is 0 Å². The van der Waals surface area contributed by atoms with E-state index in [9.17, 15) is 14.4 Å². The lowest BCUT2D eigenvalue weighted by molar-refractivity contribution is 0.0595. The molecule has 22 heavy (non-hydrogen) atoms. The van der Waals surface area contributed by atoms with Gasteiger partial charge in [-0.25, -0.2) is 9.59 Å². The first-order valence-electron chi connectivity index (χ1n) is 6.16. The normalized spacial score (nSPS) is 10.1. The average Bonchev–Trinajstić information content (AvgIpc) is 2.53. The topological polar surface area (TPSA) is 74.6 Å². The van der Waals surface area contributed by atoms with E-state index in [1.165, 1.54) is 17.0 Å². The van der Waals surface area contributed by atoms with Gasteiger partial charge in [-0.3, -0.25) is 4.79 Å². The Morgan fingerprint density at radius 3 is 2.05 bits per heavy atom. The third-order valence-corrected chi connectivity index (χ3v) is 3.44. The van der Waals surface area contributed by atoms with Crippen molar-refractivity contribution in [1.82, 2.24) is 4.57 Å². The number of ether oxygens (including phenoxy) is 2. The second-order valence-corrected chi connectivity index (χ2v) is 5.20. The molecule has 6 nitrogen and oxygen atoms in total. The van der Waals surface area contributed by atoms with Crippen molar-refractivity contribution in [2.75, 3.05) is 14.2 Å². The van der Waals surface area contributed by atoms with Crippen LogP contribution in [0.15, 0.2) is 45.9 Å². The quantitative estimate of drug-likeness (QED) is 0.779. The summed E-state index contributed by atoms with van der Waals surface area (Å²) < 4.78 is 11.5. The summed E-state index contributed by atoms with van der Waals surface area (Å²) in [7, 11) is 2.33. The zero-order valence-electron chi connectivity index (χ0n) is 11.8.